The van der Waals surface area contributed by atoms with Crippen LogP contribution >= 0.6 is 0 Å². The summed E-state index contributed by atoms with van der Waals surface area (Å²) in [4.78, 5) is 0. The lowest BCUT2D eigenvalue weighted by atomic mass is 10.2. The van der Waals surface area contributed by atoms with Gasteiger partial charge in [-0.2, -0.15) is 5.26 Å². The smallest absolute Gasteiger partial charge is 0.119 e. The summed E-state index contributed by atoms with van der Waals surface area (Å²) in [5.74, 6) is 0.787. The van der Waals surface area contributed by atoms with E-state index in [1.807, 2.05) is 30.3 Å². The molecule has 0 saturated heterocycles. The number of nitrogens with one attached hydrogen (secondary N) is 1. The third-order valence-corrected chi connectivity index (χ3v) is 2.43. The van der Waals surface area contributed by atoms with Gasteiger partial charge in [0.1, 0.15) is 5.75 Å². The van der Waals surface area contributed by atoms with Gasteiger partial charge < -0.3 is 4.74 Å². The van der Waals surface area contributed by atoms with Crippen LogP contribution in [0.1, 0.15) is 5.56 Å². The van der Waals surface area contributed by atoms with Crippen molar-refractivity contribution < 1.29 is 4.74 Å². The number of methoxy groups -OCH3 is 1. The number of hydrogen-bond donors (Lipinski definition) is 1. The monoisotopic (exact) mass is 252 g/mol. The predicted octanol–water partition coefficient (Wildman–Crippen LogP) is 3.68. The molecular weight excluding hydrogens is 240 g/mol. The van der Waals surface area contributed by atoms with Crippen LogP contribution in [0.25, 0.3) is 0 Å². The van der Waals surface area contributed by atoms with E-state index in [1.165, 1.54) is 0 Å². The molecular formula is C14H12N4O. The van der Waals surface area contributed by atoms with Gasteiger partial charge in [0.2, 0.25) is 0 Å². The van der Waals surface area contributed by atoms with E-state index in [4.69, 9.17) is 10.00 Å². The molecule has 94 valence electrons. The molecule has 0 aliphatic heterocycles. The van der Waals surface area contributed by atoms with E-state index in [9.17, 15) is 0 Å². The molecule has 19 heavy (non-hydrogen) atoms. The Balaban J connectivity index is 1.96. The lowest BCUT2D eigenvalue weighted by Gasteiger charge is -2.01. The molecule has 5 heteroatoms. The van der Waals surface area contributed by atoms with E-state index < -0.39 is 0 Å². The number of ether oxygens (including phenoxy) is 1. The Kier molecular flexibility index (Phi) is 4.09. The lowest BCUT2D eigenvalue weighted by Crippen LogP contribution is -1.87. The van der Waals surface area contributed by atoms with E-state index in [-0.39, 0.29) is 0 Å². The molecule has 2 rings (SSSR count). The SMILES string of the molecule is COc1ccc(NN=Nc2ccc(C#N)cc2)cc1. The molecule has 2 aromatic carbocycles. The van der Waals surface area contributed by atoms with Crippen LogP contribution in [0.2, 0.25) is 0 Å². The van der Waals surface area contributed by atoms with Gasteiger partial charge in [0, 0.05) is 0 Å². The standard InChI is InChI=1S/C14H12N4O/c1-19-14-8-6-13(7-9-14)17-18-16-12-4-2-11(10-15)3-5-12/h2-9H,1H3,(H,16,17). The molecule has 5 nitrogen and oxygen atoms in total. The van der Waals surface area contributed by atoms with Crippen LogP contribution in [0.4, 0.5) is 11.4 Å². The molecule has 0 bridgehead atoms. The van der Waals surface area contributed by atoms with Crippen LogP contribution < -0.4 is 10.2 Å². The fourth-order valence-electron chi connectivity index (χ4n) is 1.41. The maximum Gasteiger partial charge on any atom is 0.119 e. The fourth-order valence-corrected chi connectivity index (χ4v) is 1.41. The zero-order chi connectivity index (χ0) is 13.5. The molecule has 0 aliphatic carbocycles. The van der Waals surface area contributed by atoms with Crippen LogP contribution in [0, 0.1) is 11.3 Å². The van der Waals surface area contributed by atoms with Crippen molar-refractivity contribution in [3.8, 4) is 11.8 Å². The topological polar surface area (TPSA) is 69.8 Å². The van der Waals surface area contributed by atoms with Crippen molar-refractivity contribution >= 4 is 11.4 Å². The summed E-state index contributed by atoms with van der Waals surface area (Å²) in [7, 11) is 1.62. The average molecular weight is 252 g/mol. The molecule has 0 fully saturated rings. The molecule has 0 aliphatic rings. The Morgan fingerprint density at radius 3 is 2.32 bits per heavy atom. The highest BCUT2D eigenvalue weighted by Crippen LogP contribution is 2.16. The van der Waals surface area contributed by atoms with Gasteiger partial charge in [-0.25, -0.2) is 0 Å². The molecule has 0 radical (unpaired) electrons. The van der Waals surface area contributed by atoms with Crippen molar-refractivity contribution in [3.63, 3.8) is 0 Å². The molecule has 0 unspecified atom stereocenters. The first kappa shape index (κ1) is 12.6. The zero-order valence-corrected chi connectivity index (χ0v) is 10.4. The van der Waals surface area contributed by atoms with E-state index in [2.05, 4.69) is 15.8 Å². The van der Waals surface area contributed by atoms with Crippen molar-refractivity contribution in [2.45, 2.75) is 0 Å². The van der Waals surface area contributed by atoms with Gasteiger partial charge in [-0.3, -0.25) is 5.43 Å². The molecule has 0 atom stereocenters. The molecule has 0 saturated carbocycles. The zero-order valence-electron chi connectivity index (χ0n) is 10.4. The number of benzene rings is 2. The summed E-state index contributed by atoms with van der Waals surface area (Å²) >= 11 is 0. The fraction of sp³-hybridized carbons (Fsp3) is 0.0714. The number of hydrogen-bond acceptors (Lipinski definition) is 4. The second-order valence-electron chi connectivity index (χ2n) is 3.70. The summed E-state index contributed by atoms with van der Waals surface area (Å²) in [6.45, 7) is 0. The Bertz CT molecular complexity index is 597. The van der Waals surface area contributed by atoms with Crippen molar-refractivity contribution in [2.24, 2.45) is 10.3 Å². The van der Waals surface area contributed by atoms with Gasteiger partial charge in [0.05, 0.1) is 30.1 Å². The Morgan fingerprint density at radius 2 is 1.74 bits per heavy atom. The van der Waals surface area contributed by atoms with Gasteiger partial charge in [-0.1, -0.05) is 5.22 Å². The minimum atomic E-state index is 0.599. The molecule has 1 N–H and O–H groups in total. The van der Waals surface area contributed by atoms with E-state index in [0.717, 1.165) is 11.4 Å². The Hall–Kier alpha value is -2.87. The average Bonchev–Trinajstić information content (AvgIpc) is 2.49. The van der Waals surface area contributed by atoms with Gasteiger partial charge in [-0.15, -0.1) is 5.11 Å². The summed E-state index contributed by atoms with van der Waals surface area (Å²) in [5.41, 5.74) is 4.91. The van der Waals surface area contributed by atoms with Crippen LogP contribution in [0.5, 0.6) is 5.75 Å². The van der Waals surface area contributed by atoms with Crippen molar-refractivity contribution in [1.29, 1.82) is 5.26 Å². The second kappa shape index (κ2) is 6.17. The van der Waals surface area contributed by atoms with Crippen molar-refractivity contribution in [2.75, 3.05) is 12.5 Å². The van der Waals surface area contributed by atoms with Gasteiger partial charge in [0.15, 0.2) is 0 Å². The number of nitriles is 1. The molecule has 2 aromatic rings. The van der Waals surface area contributed by atoms with Crippen molar-refractivity contribution in [3.05, 3.63) is 54.1 Å². The first-order valence-corrected chi connectivity index (χ1v) is 5.63. The van der Waals surface area contributed by atoms with E-state index >= 15 is 0 Å². The molecule has 0 amide bonds. The highest BCUT2D eigenvalue weighted by Gasteiger charge is 1.93. The highest BCUT2D eigenvalue weighted by atomic mass is 16.5. The van der Waals surface area contributed by atoms with Crippen LogP contribution in [-0.2, 0) is 0 Å². The largest absolute Gasteiger partial charge is 0.497 e. The van der Waals surface area contributed by atoms with Crippen LogP contribution in [0.15, 0.2) is 58.9 Å². The third-order valence-electron chi connectivity index (χ3n) is 2.43. The van der Waals surface area contributed by atoms with E-state index in [1.54, 1.807) is 31.4 Å². The summed E-state index contributed by atoms with van der Waals surface area (Å²) in [5, 5.41) is 16.5. The number of anilines is 1. The minimum absolute atomic E-state index is 0.599. The summed E-state index contributed by atoms with van der Waals surface area (Å²) < 4.78 is 5.06. The quantitative estimate of drug-likeness (QED) is 0.666. The van der Waals surface area contributed by atoms with Gasteiger partial charge >= 0.3 is 0 Å². The highest BCUT2D eigenvalue weighted by molar-refractivity contribution is 5.46. The maximum absolute atomic E-state index is 8.67. The van der Waals surface area contributed by atoms with Crippen LogP contribution in [0.3, 0.4) is 0 Å². The third kappa shape index (κ3) is 3.54. The van der Waals surface area contributed by atoms with Gasteiger partial charge in [0.25, 0.3) is 0 Å². The summed E-state index contributed by atoms with van der Waals surface area (Å²) in [6.07, 6.45) is 0. The Labute approximate surface area is 111 Å². The number of rotatable bonds is 4. The van der Waals surface area contributed by atoms with Gasteiger partial charge in [-0.05, 0) is 48.5 Å². The molecule has 0 spiro atoms. The van der Waals surface area contributed by atoms with Crippen molar-refractivity contribution in [1.82, 2.24) is 0 Å². The summed E-state index contributed by atoms with van der Waals surface area (Å²) in [6, 6.07) is 16.3. The van der Waals surface area contributed by atoms with E-state index in [0.29, 0.717) is 11.3 Å². The maximum atomic E-state index is 8.67. The molecule has 0 heterocycles. The molecule has 0 aromatic heterocycles. The normalized spacial score (nSPS) is 10.1. The minimum Gasteiger partial charge on any atom is -0.497 e. The first-order chi connectivity index (χ1) is 9.31. The number of nitrogens with zero attached hydrogens (tertiary/aromatic N) is 3. The second-order valence-corrected chi connectivity index (χ2v) is 3.70. The van der Waals surface area contributed by atoms with Crippen LogP contribution in [-0.4, -0.2) is 7.11 Å². The Morgan fingerprint density at radius 1 is 1.05 bits per heavy atom. The first-order valence-electron chi connectivity index (χ1n) is 5.63. The predicted molar refractivity (Wildman–Crippen MR) is 72.3 cm³/mol. The lowest BCUT2D eigenvalue weighted by molar-refractivity contribution is 0.415.